The van der Waals surface area contributed by atoms with Crippen LogP contribution >= 0.6 is 0 Å². The highest BCUT2D eigenvalue weighted by Crippen LogP contribution is 2.63. The Morgan fingerprint density at radius 2 is 0.714 bits per heavy atom. The van der Waals surface area contributed by atoms with E-state index in [1.54, 1.807) is 0 Å². The van der Waals surface area contributed by atoms with Crippen molar-refractivity contribution < 1.29 is 4.74 Å². The van der Waals surface area contributed by atoms with Crippen LogP contribution in [0.1, 0.15) is 22.3 Å². The molecule has 1 aliphatic heterocycles. The van der Waals surface area contributed by atoms with Crippen LogP contribution in [-0.4, -0.2) is 15.0 Å². The van der Waals surface area contributed by atoms with Crippen molar-refractivity contribution in [2.45, 2.75) is 5.41 Å². The Hall–Kier alpha value is -7.43. The summed E-state index contributed by atoms with van der Waals surface area (Å²) in [5.41, 5.74) is 13.6. The summed E-state index contributed by atoms with van der Waals surface area (Å²) in [5, 5.41) is 0. The second-order valence-electron chi connectivity index (χ2n) is 14.3. The maximum atomic E-state index is 7.07. The Morgan fingerprint density at radius 1 is 0.286 bits per heavy atom. The van der Waals surface area contributed by atoms with Crippen molar-refractivity contribution in [1.82, 2.24) is 15.0 Å². The molecule has 0 fully saturated rings. The topological polar surface area (TPSA) is 47.9 Å². The Kier molecular flexibility index (Phi) is 7.36. The zero-order valence-corrected chi connectivity index (χ0v) is 30.3. The van der Waals surface area contributed by atoms with Gasteiger partial charge < -0.3 is 4.74 Å². The van der Waals surface area contributed by atoms with Crippen LogP contribution in [0.25, 0.3) is 67.5 Å². The number of rotatable bonds is 5. The molecule has 0 atom stereocenters. The van der Waals surface area contributed by atoms with E-state index in [0.717, 1.165) is 61.6 Å². The minimum absolute atomic E-state index is 0.565. The maximum absolute atomic E-state index is 7.07. The molecule has 0 radical (unpaired) electrons. The van der Waals surface area contributed by atoms with Gasteiger partial charge in [0.2, 0.25) is 0 Å². The third-order valence-corrected chi connectivity index (χ3v) is 11.3. The van der Waals surface area contributed by atoms with Crippen molar-refractivity contribution in [3.8, 4) is 79.0 Å². The summed E-state index contributed by atoms with van der Waals surface area (Å²) >= 11 is 0. The van der Waals surface area contributed by atoms with Gasteiger partial charge in [0, 0.05) is 33.4 Å². The summed E-state index contributed by atoms with van der Waals surface area (Å²) in [4.78, 5) is 15.6. The number of aromatic nitrogens is 3. The first-order valence-electron chi connectivity index (χ1n) is 19.0. The standard InChI is InChI=1S/C52H33N3O/c1-3-18-34(19-4-1)36-22-7-9-26-41(36)50-53-49(35-20-5-2-6-21-35)54-51(55-50)42-27-10-8-23-37(42)40-28-17-32-46-48(40)56-47-33-16-15-31-45(47)52(46)43-29-13-11-24-38(43)39-25-12-14-30-44(39)52/h1-33H. The molecule has 2 heterocycles. The Bertz CT molecular complexity index is 2910. The van der Waals surface area contributed by atoms with Gasteiger partial charge in [-0.2, -0.15) is 0 Å². The molecule has 0 saturated heterocycles. The average molecular weight is 716 g/mol. The Labute approximate surface area is 325 Å². The van der Waals surface area contributed by atoms with Crippen molar-refractivity contribution in [2.24, 2.45) is 0 Å². The van der Waals surface area contributed by atoms with Crippen molar-refractivity contribution in [2.75, 3.05) is 0 Å². The number of fused-ring (bicyclic) bond motifs is 9. The van der Waals surface area contributed by atoms with Gasteiger partial charge in [-0.3, -0.25) is 0 Å². The summed E-state index contributed by atoms with van der Waals surface area (Å²) in [7, 11) is 0. The predicted molar refractivity (Wildman–Crippen MR) is 224 cm³/mol. The Morgan fingerprint density at radius 3 is 1.36 bits per heavy atom. The van der Waals surface area contributed by atoms with Crippen LogP contribution < -0.4 is 4.74 Å². The molecule has 11 rings (SSSR count). The third-order valence-electron chi connectivity index (χ3n) is 11.3. The molecule has 1 aromatic heterocycles. The van der Waals surface area contributed by atoms with Crippen molar-refractivity contribution in [3.05, 3.63) is 222 Å². The van der Waals surface area contributed by atoms with Crippen LogP contribution in [-0.2, 0) is 5.41 Å². The molecule has 1 aliphatic carbocycles. The highest BCUT2D eigenvalue weighted by Gasteiger charge is 2.51. The molecule has 0 unspecified atom stereocenters. The van der Waals surface area contributed by atoms with Crippen LogP contribution in [0.15, 0.2) is 200 Å². The number of ether oxygens (including phenoxy) is 1. The molecule has 2 aliphatic rings. The molecule has 1 spiro atoms. The highest BCUT2D eigenvalue weighted by molar-refractivity contribution is 5.92. The SMILES string of the molecule is c1ccc(-c2nc(-c3ccccc3-c3ccccc3)nc(-c3ccccc3-c3cccc4c3Oc3ccccc3C43c4ccccc4-c4ccccc43)n2)cc1. The van der Waals surface area contributed by atoms with Gasteiger partial charge in [-0.25, -0.2) is 15.0 Å². The van der Waals surface area contributed by atoms with Crippen molar-refractivity contribution in [1.29, 1.82) is 0 Å². The fourth-order valence-electron chi connectivity index (χ4n) is 8.88. The third kappa shape index (κ3) is 4.83. The molecule has 0 bridgehead atoms. The normalized spacial score (nSPS) is 12.9. The second kappa shape index (κ2) is 12.9. The fraction of sp³-hybridized carbons (Fsp3) is 0.0192. The smallest absolute Gasteiger partial charge is 0.164 e. The first kappa shape index (κ1) is 32.0. The highest BCUT2D eigenvalue weighted by atomic mass is 16.5. The summed E-state index contributed by atoms with van der Waals surface area (Å²) < 4.78 is 7.07. The molecular formula is C52H33N3O. The van der Waals surface area contributed by atoms with Crippen LogP contribution in [0.4, 0.5) is 0 Å². The number of nitrogens with zero attached hydrogens (tertiary/aromatic N) is 3. The van der Waals surface area contributed by atoms with Crippen molar-refractivity contribution in [3.63, 3.8) is 0 Å². The zero-order chi connectivity index (χ0) is 37.1. The quantitative estimate of drug-likeness (QED) is 0.178. The lowest BCUT2D eigenvalue weighted by atomic mass is 9.65. The zero-order valence-electron chi connectivity index (χ0n) is 30.3. The van der Waals surface area contributed by atoms with Gasteiger partial charge in [-0.1, -0.05) is 194 Å². The predicted octanol–water partition coefficient (Wildman–Crippen LogP) is 12.7. The van der Waals surface area contributed by atoms with Crippen molar-refractivity contribution >= 4 is 0 Å². The fourth-order valence-corrected chi connectivity index (χ4v) is 8.88. The van der Waals surface area contributed by atoms with Gasteiger partial charge in [0.25, 0.3) is 0 Å². The average Bonchev–Trinajstić information content (AvgIpc) is 3.57. The molecule has 4 nitrogen and oxygen atoms in total. The minimum Gasteiger partial charge on any atom is -0.456 e. The van der Waals surface area contributed by atoms with E-state index in [4.69, 9.17) is 19.7 Å². The molecule has 0 N–H and O–H groups in total. The molecule has 262 valence electrons. The minimum atomic E-state index is -0.565. The van der Waals surface area contributed by atoms with Gasteiger partial charge in [-0.05, 0) is 45.0 Å². The van der Waals surface area contributed by atoms with Gasteiger partial charge in [0.15, 0.2) is 17.5 Å². The largest absolute Gasteiger partial charge is 0.456 e. The molecular weight excluding hydrogens is 683 g/mol. The summed E-state index contributed by atoms with van der Waals surface area (Å²) in [6, 6.07) is 70.0. The van der Waals surface area contributed by atoms with Gasteiger partial charge in [0.05, 0.1) is 5.41 Å². The summed E-state index contributed by atoms with van der Waals surface area (Å²) in [6.07, 6.45) is 0. The number of benzene rings is 8. The molecule has 56 heavy (non-hydrogen) atoms. The van der Waals surface area contributed by atoms with E-state index in [-0.39, 0.29) is 0 Å². The first-order chi connectivity index (χ1) is 27.8. The van der Waals surface area contributed by atoms with E-state index in [0.29, 0.717) is 17.5 Å². The van der Waals surface area contributed by atoms with E-state index in [2.05, 4.69) is 158 Å². The van der Waals surface area contributed by atoms with E-state index >= 15 is 0 Å². The van der Waals surface area contributed by atoms with Gasteiger partial charge >= 0.3 is 0 Å². The number of para-hydroxylation sites is 2. The first-order valence-corrected chi connectivity index (χ1v) is 19.0. The lowest BCUT2D eigenvalue weighted by Gasteiger charge is -2.40. The van der Waals surface area contributed by atoms with E-state index in [1.807, 2.05) is 42.5 Å². The van der Waals surface area contributed by atoms with Gasteiger partial charge in [0.1, 0.15) is 11.5 Å². The number of hydrogen-bond acceptors (Lipinski definition) is 4. The Balaban J connectivity index is 1.16. The summed E-state index contributed by atoms with van der Waals surface area (Å²) in [5.74, 6) is 3.50. The lowest BCUT2D eigenvalue weighted by Crippen LogP contribution is -2.32. The van der Waals surface area contributed by atoms with E-state index in [1.165, 1.54) is 22.3 Å². The molecule has 4 heteroatoms. The lowest BCUT2D eigenvalue weighted by molar-refractivity contribution is 0.438. The summed E-state index contributed by atoms with van der Waals surface area (Å²) in [6.45, 7) is 0. The maximum Gasteiger partial charge on any atom is 0.164 e. The van der Waals surface area contributed by atoms with E-state index < -0.39 is 5.41 Å². The molecule has 0 amide bonds. The van der Waals surface area contributed by atoms with Crippen LogP contribution in [0.2, 0.25) is 0 Å². The van der Waals surface area contributed by atoms with Crippen LogP contribution in [0.5, 0.6) is 11.5 Å². The number of hydrogen-bond donors (Lipinski definition) is 0. The molecule has 9 aromatic rings. The van der Waals surface area contributed by atoms with Crippen LogP contribution in [0, 0.1) is 0 Å². The van der Waals surface area contributed by atoms with Crippen LogP contribution in [0.3, 0.4) is 0 Å². The monoisotopic (exact) mass is 715 g/mol. The molecule has 8 aromatic carbocycles. The van der Waals surface area contributed by atoms with Gasteiger partial charge in [-0.15, -0.1) is 0 Å². The second-order valence-corrected chi connectivity index (χ2v) is 14.3. The molecule has 0 saturated carbocycles. The van der Waals surface area contributed by atoms with E-state index in [9.17, 15) is 0 Å².